The van der Waals surface area contributed by atoms with Crippen molar-refractivity contribution in [2.75, 3.05) is 37.6 Å². The number of nitrogens with zero attached hydrogens (tertiary/aromatic N) is 2. The summed E-state index contributed by atoms with van der Waals surface area (Å²) in [6.07, 6.45) is 1.20. The van der Waals surface area contributed by atoms with E-state index in [1.807, 2.05) is 4.90 Å². The topological polar surface area (TPSA) is 119 Å². The van der Waals surface area contributed by atoms with Gasteiger partial charge in [-0.2, -0.15) is 0 Å². The number of ether oxygens (including phenoxy) is 1. The number of rotatable bonds is 4. The van der Waals surface area contributed by atoms with E-state index in [1.54, 1.807) is 12.1 Å². The highest BCUT2D eigenvalue weighted by atomic mass is 35.5. The van der Waals surface area contributed by atoms with E-state index in [0.717, 1.165) is 18.5 Å². The molecule has 1 aromatic carbocycles. The van der Waals surface area contributed by atoms with E-state index in [1.165, 1.54) is 12.1 Å². The van der Waals surface area contributed by atoms with E-state index in [9.17, 15) is 13.2 Å². The lowest BCUT2D eigenvalue weighted by Gasteiger charge is -2.37. The van der Waals surface area contributed by atoms with Crippen molar-refractivity contribution in [1.82, 2.24) is 4.90 Å². The van der Waals surface area contributed by atoms with Gasteiger partial charge in [0.25, 0.3) is 5.91 Å². The quantitative estimate of drug-likeness (QED) is 0.695. The Bertz CT molecular complexity index is 724. The first-order valence-electron chi connectivity index (χ1n) is 8.40. The maximum Gasteiger partial charge on any atom is 0.251 e. The van der Waals surface area contributed by atoms with Gasteiger partial charge in [-0.25, -0.2) is 13.6 Å². The first kappa shape index (κ1) is 23.9. The zero-order valence-corrected chi connectivity index (χ0v) is 17.3. The monoisotopic (exact) mass is 440 g/mol. The number of hydrogen-bond acceptors (Lipinski definition) is 6. The van der Waals surface area contributed by atoms with Gasteiger partial charge >= 0.3 is 0 Å². The maximum atomic E-state index is 12.5. The number of sulfonamides is 1. The second-order valence-electron chi connectivity index (χ2n) is 6.41. The van der Waals surface area contributed by atoms with Gasteiger partial charge in [0, 0.05) is 38.4 Å². The fourth-order valence-corrected chi connectivity index (χ4v) is 3.81. The average molecular weight is 441 g/mol. The van der Waals surface area contributed by atoms with Gasteiger partial charge in [0.1, 0.15) is 6.10 Å². The Kier molecular flexibility index (Phi) is 8.78. The number of hydrogen-bond donors (Lipinski definition) is 2. The van der Waals surface area contributed by atoms with Crippen molar-refractivity contribution in [3.63, 3.8) is 0 Å². The third-order valence-corrected chi connectivity index (χ3v) is 5.70. The molecular weight excluding hydrogens is 415 g/mol. The van der Waals surface area contributed by atoms with Crippen molar-refractivity contribution in [3.05, 3.63) is 24.3 Å². The summed E-state index contributed by atoms with van der Waals surface area (Å²) in [6, 6.07) is 6.48. The lowest BCUT2D eigenvalue weighted by molar-refractivity contribution is -0.143. The highest BCUT2D eigenvalue weighted by Crippen LogP contribution is 2.23. The van der Waals surface area contributed by atoms with Gasteiger partial charge in [0.05, 0.1) is 11.0 Å². The van der Waals surface area contributed by atoms with E-state index in [0.29, 0.717) is 32.7 Å². The van der Waals surface area contributed by atoms with Gasteiger partial charge in [-0.15, -0.1) is 24.8 Å². The predicted molar refractivity (Wildman–Crippen MR) is 108 cm³/mol. The van der Waals surface area contributed by atoms with Crippen LogP contribution >= 0.6 is 24.8 Å². The molecule has 2 aliphatic heterocycles. The molecule has 2 aliphatic rings. The van der Waals surface area contributed by atoms with Crippen LogP contribution in [0.2, 0.25) is 0 Å². The standard InChI is InChI=1S/C16H24N4O4S.2ClH/c17-11-13-3-6-15(24-13)16(21)20-9-7-19(8-10-20)12-1-4-14(5-2-12)25(18,22)23;;/h1-2,4-5,13,15H,3,6-11,17H2,(H2,18,22,23);2*1H/t13-,15+;;/m1../s1. The fourth-order valence-electron chi connectivity index (χ4n) is 3.30. The summed E-state index contributed by atoms with van der Waals surface area (Å²) in [6.45, 7) is 3.05. The van der Waals surface area contributed by atoms with Crippen molar-refractivity contribution in [1.29, 1.82) is 0 Å². The van der Waals surface area contributed by atoms with Gasteiger partial charge < -0.3 is 20.3 Å². The summed E-state index contributed by atoms with van der Waals surface area (Å²) in [7, 11) is -3.68. The Morgan fingerprint density at radius 3 is 2.15 bits per heavy atom. The number of amides is 1. The summed E-state index contributed by atoms with van der Waals surface area (Å²) >= 11 is 0. The van der Waals surface area contributed by atoms with Crippen molar-refractivity contribution in [3.8, 4) is 0 Å². The molecule has 27 heavy (non-hydrogen) atoms. The molecule has 0 aromatic heterocycles. The third kappa shape index (κ3) is 5.69. The number of carbonyl (C=O) groups is 1. The van der Waals surface area contributed by atoms with Crippen molar-refractivity contribution in [2.24, 2.45) is 10.9 Å². The van der Waals surface area contributed by atoms with E-state index in [2.05, 4.69) is 4.90 Å². The van der Waals surface area contributed by atoms with Crippen LogP contribution in [0.1, 0.15) is 12.8 Å². The molecule has 2 heterocycles. The first-order valence-corrected chi connectivity index (χ1v) is 9.95. The van der Waals surface area contributed by atoms with Crippen LogP contribution in [0.15, 0.2) is 29.2 Å². The molecule has 0 saturated carbocycles. The number of carbonyl (C=O) groups excluding carboxylic acids is 1. The van der Waals surface area contributed by atoms with Crippen LogP contribution in [0.3, 0.4) is 0 Å². The molecule has 8 nitrogen and oxygen atoms in total. The van der Waals surface area contributed by atoms with Crippen LogP contribution in [0.4, 0.5) is 5.69 Å². The SMILES string of the molecule is Cl.Cl.NC[C@H]1CC[C@@H](C(=O)N2CCN(c3ccc(S(N)(=O)=O)cc3)CC2)O1. The van der Waals surface area contributed by atoms with Gasteiger partial charge in [-0.3, -0.25) is 4.79 Å². The first-order chi connectivity index (χ1) is 11.9. The number of anilines is 1. The molecule has 4 N–H and O–H groups in total. The predicted octanol–water partition coefficient (Wildman–Crippen LogP) is 0.333. The molecular formula is C16H26Cl2N4O4S. The van der Waals surface area contributed by atoms with Crippen molar-refractivity contribution in [2.45, 2.75) is 29.9 Å². The van der Waals surface area contributed by atoms with Crippen LogP contribution in [-0.2, 0) is 19.6 Å². The minimum Gasteiger partial charge on any atom is -0.368 e. The van der Waals surface area contributed by atoms with Crippen LogP contribution in [0.5, 0.6) is 0 Å². The lowest BCUT2D eigenvalue weighted by atomic mass is 10.1. The molecule has 2 atom stereocenters. The molecule has 2 fully saturated rings. The van der Waals surface area contributed by atoms with Crippen LogP contribution in [0.25, 0.3) is 0 Å². The molecule has 0 spiro atoms. The van der Waals surface area contributed by atoms with Gasteiger partial charge in [0.2, 0.25) is 10.0 Å². The summed E-state index contributed by atoms with van der Waals surface area (Å²) in [5.74, 6) is 0.0418. The second kappa shape index (κ2) is 9.90. The van der Waals surface area contributed by atoms with Gasteiger partial charge in [-0.05, 0) is 37.1 Å². The second-order valence-corrected chi connectivity index (χ2v) is 7.97. The van der Waals surface area contributed by atoms with Crippen molar-refractivity contribution >= 4 is 46.4 Å². The van der Waals surface area contributed by atoms with E-state index < -0.39 is 10.0 Å². The zero-order chi connectivity index (χ0) is 18.0. The summed E-state index contributed by atoms with van der Waals surface area (Å²) < 4.78 is 28.3. The number of benzene rings is 1. The number of piperazine rings is 1. The molecule has 154 valence electrons. The van der Waals surface area contributed by atoms with E-state index in [-0.39, 0.29) is 47.8 Å². The number of nitrogens with two attached hydrogens (primary N) is 2. The summed E-state index contributed by atoms with van der Waals surface area (Å²) in [4.78, 5) is 16.6. The molecule has 3 rings (SSSR count). The van der Waals surface area contributed by atoms with Gasteiger partial charge in [-0.1, -0.05) is 0 Å². The van der Waals surface area contributed by atoms with Crippen molar-refractivity contribution < 1.29 is 17.9 Å². The molecule has 2 saturated heterocycles. The molecule has 1 amide bonds. The molecule has 0 unspecified atom stereocenters. The molecule has 1 aromatic rings. The molecule has 0 bridgehead atoms. The number of halogens is 2. The Morgan fingerprint density at radius 1 is 1.07 bits per heavy atom. The minimum absolute atomic E-state index is 0. The van der Waals surface area contributed by atoms with Crippen LogP contribution in [0, 0.1) is 0 Å². The Morgan fingerprint density at radius 2 is 1.67 bits per heavy atom. The van der Waals surface area contributed by atoms with Gasteiger partial charge in [0.15, 0.2) is 0 Å². The Labute approximate surface area is 172 Å². The largest absolute Gasteiger partial charge is 0.368 e. The number of primary sulfonamides is 1. The Hall–Kier alpha value is -1.10. The Balaban J connectivity index is 0.00000182. The van der Waals surface area contributed by atoms with Crippen LogP contribution in [-0.4, -0.2) is 64.2 Å². The molecule has 0 aliphatic carbocycles. The minimum atomic E-state index is -3.68. The van der Waals surface area contributed by atoms with Crippen LogP contribution < -0.4 is 15.8 Å². The smallest absolute Gasteiger partial charge is 0.251 e. The summed E-state index contributed by atoms with van der Waals surface area (Å²) in [5, 5.41) is 5.11. The van der Waals surface area contributed by atoms with E-state index >= 15 is 0 Å². The van der Waals surface area contributed by atoms with E-state index in [4.69, 9.17) is 15.6 Å². The molecule has 11 heteroatoms. The molecule has 0 radical (unpaired) electrons. The highest BCUT2D eigenvalue weighted by Gasteiger charge is 2.34. The lowest BCUT2D eigenvalue weighted by Crippen LogP contribution is -2.51. The zero-order valence-electron chi connectivity index (χ0n) is 14.8. The summed E-state index contributed by atoms with van der Waals surface area (Å²) in [5.41, 5.74) is 6.51. The fraction of sp³-hybridized carbons (Fsp3) is 0.562. The normalized spacial score (nSPS) is 22.7. The third-order valence-electron chi connectivity index (χ3n) is 4.77. The maximum absolute atomic E-state index is 12.5. The average Bonchev–Trinajstić information content (AvgIpc) is 3.10. The highest BCUT2D eigenvalue weighted by molar-refractivity contribution is 7.89.